The quantitative estimate of drug-likeness (QED) is 0.177. The number of thiophene rings is 1. The van der Waals surface area contributed by atoms with Crippen molar-refractivity contribution in [2.75, 3.05) is 0 Å². The summed E-state index contributed by atoms with van der Waals surface area (Å²) in [7, 11) is 0. The minimum atomic E-state index is -0.265. The van der Waals surface area contributed by atoms with Gasteiger partial charge in [-0.15, -0.1) is 11.3 Å². The number of hydrogen-bond acceptors (Lipinski definition) is 4. The van der Waals surface area contributed by atoms with Crippen LogP contribution in [-0.4, -0.2) is 21.1 Å². The van der Waals surface area contributed by atoms with Crippen molar-refractivity contribution in [3.63, 3.8) is 0 Å². The number of benzene rings is 4. The van der Waals surface area contributed by atoms with Crippen LogP contribution < -0.4 is 0 Å². The molecule has 37 heavy (non-hydrogen) atoms. The van der Waals surface area contributed by atoms with Crippen LogP contribution in [0.2, 0.25) is 5.02 Å². The van der Waals surface area contributed by atoms with Crippen molar-refractivity contribution >= 4 is 61.7 Å². The van der Waals surface area contributed by atoms with E-state index in [1.54, 1.807) is 17.4 Å². The number of rotatable bonds is 3. The molecule has 4 nitrogen and oxygen atoms in total. The van der Waals surface area contributed by atoms with Crippen molar-refractivity contribution in [3.05, 3.63) is 125 Å². The Kier molecular flexibility index (Phi) is 4.96. The Labute approximate surface area is 221 Å². The smallest absolute Gasteiger partial charge is 0.197 e. The maximum Gasteiger partial charge on any atom is 0.197 e. The molecule has 1 aliphatic carbocycles. The topological polar surface area (TPSA) is 52.0 Å². The maximum atomic E-state index is 13.4. The van der Waals surface area contributed by atoms with Gasteiger partial charge in [-0.2, -0.15) is 0 Å². The molecule has 0 spiro atoms. The first-order valence-corrected chi connectivity index (χ1v) is 12.9. The molecule has 0 aliphatic heterocycles. The van der Waals surface area contributed by atoms with Crippen LogP contribution in [0.5, 0.6) is 0 Å². The molecule has 0 saturated heterocycles. The number of aromatic nitrogens is 2. The predicted octanol–water partition coefficient (Wildman–Crippen LogP) is 8.02. The van der Waals surface area contributed by atoms with Gasteiger partial charge in [0.1, 0.15) is 10.7 Å². The number of carbonyl (C=O) groups is 2. The molecule has 0 saturated carbocycles. The SMILES string of the molecule is O=C1C(=Cc2nc3sc(-c4ccc(Cl)cc4)cc3n2-c2ccccc2)C(=O)c2cc3ccccc3cc21. The predicted molar refractivity (Wildman–Crippen MR) is 150 cm³/mol. The Balaban J connectivity index is 1.39. The lowest BCUT2D eigenvalue weighted by atomic mass is 10.0. The van der Waals surface area contributed by atoms with Crippen molar-refractivity contribution in [3.8, 4) is 16.1 Å². The van der Waals surface area contributed by atoms with E-state index >= 15 is 0 Å². The average Bonchev–Trinajstić information content (AvgIpc) is 3.55. The van der Waals surface area contributed by atoms with Gasteiger partial charge in [-0.25, -0.2) is 4.98 Å². The summed E-state index contributed by atoms with van der Waals surface area (Å²) in [4.78, 5) is 33.5. The van der Waals surface area contributed by atoms with Gasteiger partial charge in [-0.3, -0.25) is 14.2 Å². The largest absolute Gasteiger partial charge is 0.292 e. The first kappa shape index (κ1) is 21.9. The summed E-state index contributed by atoms with van der Waals surface area (Å²) in [6.45, 7) is 0. The van der Waals surface area contributed by atoms with E-state index in [9.17, 15) is 9.59 Å². The number of imidazole rings is 1. The van der Waals surface area contributed by atoms with Crippen molar-refractivity contribution in [1.29, 1.82) is 0 Å². The number of halogens is 1. The number of Topliss-reactive ketones (excluding diaryl/α,β-unsaturated/α-hetero) is 2. The van der Waals surface area contributed by atoms with E-state index in [0.717, 1.165) is 37.2 Å². The number of ketones is 2. The second kappa shape index (κ2) is 8.37. The lowest BCUT2D eigenvalue weighted by molar-refractivity contribution is 0.0990. The molecule has 4 aromatic carbocycles. The molecule has 2 heterocycles. The number of carbonyl (C=O) groups excluding carboxylic acids is 2. The number of allylic oxidation sites excluding steroid dienone is 1. The summed E-state index contributed by atoms with van der Waals surface area (Å²) in [5.41, 5.74) is 3.89. The summed E-state index contributed by atoms with van der Waals surface area (Å²) < 4.78 is 2.00. The third-order valence-corrected chi connectivity index (χ3v) is 7.98. The summed E-state index contributed by atoms with van der Waals surface area (Å²) in [6, 6.07) is 31.0. The number of fused-ring (bicyclic) bond motifs is 3. The third kappa shape index (κ3) is 3.55. The van der Waals surface area contributed by atoms with E-state index in [-0.39, 0.29) is 17.1 Å². The van der Waals surface area contributed by atoms with Crippen molar-refractivity contribution < 1.29 is 9.59 Å². The van der Waals surface area contributed by atoms with E-state index < -0.39 is 0 Å². The molecule has 2 aromatic heterocycles. The van der Waals surface area contributed by atoms with Gasteiger partial charge in [0.2, 0.25) is 0 Å². The molecule has 0 fully saturated rings. The standard InChI is InChI=1S/C31H17ClN2O2S/c32-21-12-10-18(11-13-21)27-17-26-31(37-27)33-28(34(26)22-8-2-1-3-9-22)16-25-29(35)23-14-19-6-4-5-7-20(19)15-24(23)30(25)36/h1-17H. The minimum absolute atomic E-state index is 0.137. The highest BCUT2D eigenvalue weighted by molar-refractivity contribution is 7.21. The summed E-state index contributed by atoms with van der Waals surface area (Å²) in [5.74, 6) is 0.0151. The van der Waals surface area contributed by atoms with Gasteiger partial charge in [0, 0.05) is 26.7 Å². The fraction of sp³-hybridized carbons (Fsp3) is 0. The Hall–Kier alpha value is -4.32. The third-order valence-electron chi connectivity index (χ3n) is 6.66. The summed E-state index contributed by atoms with van der Waals surface area (Å²) in [5, 5.41) is 2.56. The van der Waals surface area contributed by atoms with Gasteiger partial charge in [0.15, 0.2) is 11.6 Å². The monoisotopic (exact) mass is 516 g/mol. The Morgan fingerprint density at radius 1 is 0.757 bits per heavy atom. The van der Waals surface area contributed by atoms with Crippen molar-refractivity contribution in [2.24, 2.45) is 0 Å². The molecular weight excluding hydrogens is 500 g/mol. The van der Waals surface area contributed by atoms with Crippen LogP contribution in [-0.2, 0) is 0 Å². The lowest BCUT2D eigenvalue weighted by Gasteiger charge is -2.07. The molecule has 0 bridgehead atoms. The molecule has 6 heteroatoms. The zero-order valence-electron chi connectivity index (χ0n) is 19.3. The molecule has 6 aromatic rings. The number of para-hydroxylation sites is 1. The Morgan fingerprint density at radius 3 is 2.03 bits per heavy atom. The van der Waals surface area contributed by atoms with E-state index in [1.165, 1.54) is 0 Å². The fourth-order valence-corrected chi connectivity index (χ4v) is 6.01. The van der Waals surface area contributed by atoms with Gasteiger partial charge >= 0.3 is 0 Å². The van der Waals surface area contributed by atoms with Crippen LogP contribution in [0.1, 0.15) is 26.5 Å². The number of hydrogen-bond donors (Lipinski definition) is 0. The molecule has 7 rings (SSSR count). The maximum absolute atomic E-state index is 13.4. The van der Waals surface area contributed by atoms with Crippen LogP contribution in [0.3, 0.4) is 0 Å². The molecule has 0 radical (unpaired) electrons. The van der Waals surface area contributed by atoms with Gasteiger partial charge in [-0.1, -0.05) is 66.2 Å². The second-order valence-electron chi connectivity index (χ2n) is 8.91. The van der Waals surface area contributed by atoms with E-state index in [0.29, 0.717) is 22.0 Å². The highest BCUT2D eigenvalue weighted by Crippen LogP contribution is 2.37. The molecule has 0 amide bonds. The van der Waals surface area contributed by atoms with Crippen molar-refractivity contribution in [1.82, 2.24) is 9.55 Å². The molecule has 1 aliphatic rings. The molecule has 176 valence electrons. The second-order valence-corrected chi connectivity index (χ2v) is 10.4. The zero-order valence-corrected chi connectivity index (χ0v) is 20.9. The minimum Gasteiger partial charge on any atom is -0.292 e. The van der Waals surface area contributed by atoms with Crippen LogP contribution in [0, 0.1) is 0 Å². The Morgan fingerprint density at radius 2 is 1.38 bits per heavy atom. The van der Waals surface area contributed by atoms with Gasteiger partial charge in [-0.05, 0) is 64.9 Å². The summed E-state index contributed by atoms with van der Waals surface area (Å²) >= 11 is 7.64. The van der Waals surface area contributed by atoms with E-state index in [4.69, 9.17) is 16.6 Å². The van der Waals surface area contributed by atoms with Crippen LogP contribution in [0.15, 0.2) is 103 Å². The van der Waals surface area contributed by atoms with E-state index in [1.807, 2.05) is 95.6 Å². The number of nitrogens with zero attached hydrogens (tertiary/aromatic N) is 2. The zero-order chi connectivity index (χ0) is 25.1. The molecule has 0 atom stereocenters. The van der Waals surface area contributed by atoms with Gasteiger partial charge in [0.05, 0.1) is 11.1 Å². The van der Waals surface area contributed by atoms with Gasteiger partial charge < -0.3 is 0 Å². The van der Waals surface area contributed by atoms with Crippen molar-refractivity contribution in [2.45, 2.75) is 0 Å². The highest BCUT2D eigenvalue weighted by atomic mass is 35.5. The van der Waals surface area contributed by atoms with Gasteiger partial charge in [0.25, 0.3) is 0 Å². The van der Waals surface area contributed by atoms with Crippen LogP contribution >= 0.6 is 22.9 Å². The normalized spacial score (nSPS) is 13.1. The lowest BCUT2D eigenvalue weighted by Crippen LogP contribution is -2.03. The Bertz CT molecular complexity index is 1860. The van der Waals surface area contributed by atoms with E-state index in [2.05, 4.69) is 6.07 Å². The first-order chi connectivity index (χ1) is 18.1. The van der Waals surface area contributed by atoms with Crippen LogP contribution in [0.25, 0.3) is 43.3 Å². The highest BCUT2D eigenvalue weighted by Gasteiger charge is 2.34. The summed E-state index contributed by atoms with van der Waals surface area (Å²) in [6.07, 6.45) is 1.64. The molecular formula is C31H17ClN2O2S. The molecule has 0 unspecified atom stereocenters. The molecule has 0 N–H and O–H groups in total. The van der Waals surface area contributed by atoms with Crippen LogP contribution in [0.4, 0.5) is 0 Å². The average molecular weight is 517 g/mol. The fourth-order valence-electron chi connectivity index (χ4n) is 4.86. The first-order valence-electron chi connectivity index (χ1n) is 11.7.